The van der Waals surface area contributed by atoms with E-state index in [0.29, 0.717) is 5.92 Å². The van der Waals surface area contributed by atoms with Crippen molar-refractivity contribution in [2.45, 2.75) is 45.1 Å². The van der Waals surface area contributed by atoms with Crippen molar-refractivity contribution >= 4 is 5.97 Å². The van der Waals surface area contributed by atoms with E-state index in [2.05, 4.69) is 31.2 Å². The molecule has 1 aromatic carbocycles. The van der Waals surface area contributed by atoms with Crippen LogP contribution in [0.2, 0.25) is 0 Å². The molecule has 0 saturated carbocycles. The molecule has 1 aromatic rings. The average Bonchev–Trinajstić information content (AvgIpc) is 2.29. The average molecular weight is 249 g/mol. The zero-order valence-corrected chi connectivity index (χ0v) is 11.0. The third kappa shape index (κ3) is 6.40. The third-order valence-electron chi connectivity index (χ3n) is 3.15. The minimum Gasteiger partial charge on any atom is -0.481 e. The Bertz CT molecular complexity index is 351. The molecule has 0 unspecified atom stereocenters. The molecule has 0 heterocycles. The number of aliphatic carboxylic acids is 1. The summed E-state index contributed by atoms with van der Waals surface area (Å²) in [5.74, 6) is -0.318. The summed E-state index contributed by atoms with van der Waals surface area (Å²) in [4.78, 5) is 10.5. The van der Waals surface area contributed by atoms with Crippen molar-refractivity contribution in [3.63, 3.8) is 0 Å². The quantitative estimate of drug-likeness (QED) is 0.744. The maximum atomic E-state index is 10.5. The highest BCUT2D eigenvalue weighted by Gasteiger charge is 2.12. The molecule has 2 atom stereocenters. The molecule has 0 spiro atoms. The first kappa shape index (κ1) is 14.7. The molecule has 1 rings (SSSR count). The van der Waals surface area contributed by atoms with Crippen LogP contribution < -0.4 is 5.73 Å². The van der Waals surface area contributed by atoms with Crippen LogP contribution in [-0.2, 0) is 11.2 Å². The standard InChI is InChI=1S/C15H23NO2/c1-12(10-14(16)11-15(17)18)6-5-9-13-7-3-2-4-8-13/h2-4,7-8,12,14H,5-6,9-11,16H2,1H3,(H,17,18)/t12-,14-/m0/s1. The number of rotatable bonds is 8. The van der Waals surface area contributed by atoms with E-state index in [1.165, 1.54) is 5.56 Å². The summed E-state index contributed by atoms with van der Waals surface area (Å²) in [5, 5.41) is 8.64. The van der Waals surface area contributed by atoms with Crippen LogP contribution in [0.5, 0.6) is 0 Å². The van der Waals surface area contributed by atoms with E-state index in [4.69, 9.17) is 10.8 Å². The van der Waals surface area contributed by atoms with Crippen LogP contribution in [0.3, 0.4) is 0 Å². The second kappa shape index (κ2) is 7.88. The fourth-order valence-corrected chi connectivity index (χ4v) is 2.24. The first-order valence-electron chi connectivity index (χ1n) is 6.59. The smallest absolute Gasteiger partial charge is 0.304 e. The van der Waals surface area contributed by atoms with Gasteiger partial charge < -0.3 is 10.8 Å². The van der Waals surface area contributed by atoms with Gasteiger partial charge in [0.15, 0.2) is 0 Å². The highest BCUT2D eigenvalue weighted by molar-refractivity contribution is 5.67. The van der Waals surface area contributed by atoms with Crippen LogP contribution in [-0.4, -0.2) is 17.1 Å². The Morgan fingerprint density at radius 3 is 2.61 bits per heavy atom. The Morgan fingerprint density at radius 2 is 2.00 bits per heavy atom. The molecule has 0 aliphatic carbocycles. The zero-order chi connectivity index (χ0) is 13.4. The van der Waals surface area contributed by atoms with Crippen molar-refractivity contribution in [1.29, 1.82) is 0 Å². The second-order valence-corrected chi connectivity index (χ2v) is 5.08. The molecular weight excluding hydrogens is 226 g/mol. The number of benzene rings is 1. The first-order valence-corrected chi connectivity index (χ1v) is 6.59. The lowest BCUT2D eigenvalue weighted by Crippen LogP contribution is -2.26. The lowest BCUT2D eigenvalue weighted by molar-refractivity contribution is -0.137. The Balaban J connectivity index is 2.17. The number of nitrogens with two attached hydrogens (primary N) is 1. The monoisotopic (exact) mass is 249 g/mol. The Kier molecular flexibility index (Phi) is 6.44. The van der Waals surface area contributed by atoms with Crippen LogP contribution in [0.4, 0.5) is 0 Å². The Morgan fingerprint density at radius 1 is 1.33 bits per heavy atom. The molecular formula is C15H23NO2. The van der Waals surface area contributed by atoms with Gasteiger partial charge in [0.2, 0.25) is 0 Å². The molecule has 0 saturated heterocycles. The van der Waals surface area contributed by atoms with Crippen molar-refractivity contribution in [3.8, 4) is 0 Å². The van der Waals surface area contributed by atoms with Gasteiger partial charge in [-0.2, -0.15) is 0 Å². The van der Waals surface area contributed by atoms with Crippen LogP contribution in [0.1, 0.15) is 38.2 Å². The normalized spacial score (nSPS) is 14.1. The second-order valence-electron chi connectivity index (χ2n) is 5.08. The molecule has 0 radical (unpaired) electrons. The third-order valence-corrected chi connectivity index (χ3v) is 3.15. The summed E-state index contributed by atoms with van der Waals surface area (Å²) in [6.45, 7) is 2.15. The molecule has 3 nitrogen and oxygen atoms in total. The van der Waals surface area contributed by atoms with Gasteiger partial charge in [-0.25, -0.2) is 0 Å². The minimum atomic E-state index is -0.806. The van der Waals surface area contributed by atoms with Crippen LogP contribution in [0.15, 0.2) is 30.3 Å². The van der Waals surface area contributed by atoms with Crippen LogP contribution >= 0.6 is 0 Å². The van der Waals surface area contributed by atoms with Crippen molar-refractivity contribution in [2.75, 3.05) is 0 Å². The summed E-state index contributed by atoms with van der Waals surface area (Å²) >= 11 is 0. The van der Waals surface area contributed by atoms with E-state index >= 15 is 0 Å². The van der Waals surface area contributed by atoms with Crippen LogP contribution in [0, 0.1) is 5.92 Å². The predicted molar refractivity (Wildman–Crippen MR) is 73.4 cm³/mol. The maximum absolute atomic E-state index is 10.5. The van der Waals surface area contributed by atoms with Gasteiger partial charge in [0, 0.05) is 6.04 Å². The van der Waals surface area contributed by atoms with E-state index in [-0.39, 0.29) is 12.5 Å². The lowest BCUT2D eigenvalue weighted by atomic mass is 9.94. The molecule has 0 fully saturated rings. The molecule has 3 heteroatoms. The molecule has 3 N–H and O–H groups in total. The van der Waals surface area contributed by atoms with Gasteiger partial charge in [-0.15, -0.1) is 0 Å². The van der Waals surface area contributed by atoms with E-state index in [1.54, 1.807) is 0 Å². The van der Waals surface area contributed by atoms with Crippen LogP contribution in [0.25, 0.3) is 0 Å². The van der Waals surface area contributed by atoms with Gasteiger partial charge in [-0.1, -0.05) is 43.7 Å². The summed E-state index contributed by atoms with van der Waals surface area (Å²) < 4.78 is 0. The highest BCUT2D eigenvalue weighted by atomic mass is 16.4. The maximum Gasteiger partial charge on any atom is 0.304 e. The molecule has 0 aliphatic rings. The van der Waals surface area contributed by atoms with Gasteiger partial charge in [-0.05, 0) is 30.7 Å². The molecule has 0 aliphatic heterocycles. The predicted octanol–water partition coefficient (Wildman–Crippen LogP) is 2.84. The minimum absolute atomic E-state index is 0.0724. The van der Waals surface area contributed by atoms with Gasteiger partial charge >= 0.3 is 5.97 Å². The number of carboxylic acid groups (broad SMARTS) is 1. The van der Waals surface area contributed by atoms with E-state index < -0.39 is 5.97 Å². The van der Waals surface area contributed by atoms with E-state index in [0.717, 1.165) is 25.7 Å². The van der Waals surface area contributed by atoms with Crippen molar-refractivity contribution in [3.05, 3.63) is 35.9 Å². The van der Waals surface area contributed by atoms with Gasteiger partial charge in [-0.3, -0.25) is 4.79 Å². The fourth-order valence-electron chi connectivity index (χ4n) is 2.24. The summed E-state index contributed by atoms with van der Waals surface area (Å²) in [5.41, 5.74) is 7.14. The summed E-state index contributed by atoms with van der Waals surface area (Å²) in [6.07, 6.45) is 4.18. The lowest BCUT2D eigenvalue weighted by Gasteiger charge is -2.15. The van der Waals surface area contributed by atoms with E-state index in [9.17, 15) is 4.79 Å². The largest absolute Gasteiger partial charge is 0.481 e. The van der Waals surface area contributed by atoms with Gasteiger partial charge in [0.05, 0.1) is 6.42 Å². The number of hydrogen-bond acceptors (Lipinski definition) is 2. The molecule has 0 bridgehead atoms. The Labute approximate surface area is 109 Å². The van der Waals surface area contributed by atoms with Crippen molar-refractivity contribution in [1.82, 2.24) is 0 Å². The number of hydrogen-bond donors (Lipinski definition) is 2. The van der Waals surface area contributed by atoms with Crippen molar-refractivity contribution < 1.29 is 9.90 Å². The number of aryl methyl sites for hydroxylation is 1. The summed E-state index contributed by atoms with van der Waals surface area (Å²) in [6, 6.07) is 10.2. The van der Waals surface area contributed by atoms with Crippen molar-refractivity contribution in [2.24, 2.45) is 11.7 Å². The molecule has 100 valence electrons. The number of carboxylic acids is 1. The molecule has 0 aromatic heterocycles. The highest BCUT2D eigenvalue weighted by Crippen LogP contribution is 2.15. The number of carbonyl (C=O) groups is 1. The fraction of sp³-hybridized carbons (Fsp3) is 0.533. The topological polar surface area (TPSA) is 63.3 Å². The van der Waals surface area contributed by atoms with Gasteiger partial charge in [0.25, 0.3) is 0 Å². The van der Waals surface area contributed by atoms with E-state index in [1.807, 2.05) is 6.07 Å². The zero-order valence-electron chi connectivity index (χ0n) is 11.0. The first-order chi connectivity index (χ1) is 8.58. The van der Waals surface area contributed by atoms with Gasteiger partial charge in [0.1, 0.15) is 0 Å². The summed E-state index contributed by atoms with van der Waals surface area (Å²) in [7, 11) is 0. The molecule has 0 amide bonds. The molecule has 18 heavy (non-hydrogen) atoms. The SMILES string of the molecule is C[C@@H](CCCc1ccccc1)C[C@H](N)CC(=O)O. The Hall–Kier alpha value is -1.35.